The Kier molecular flexibility index (Phi) is 6.11. The van der Waals surface area contributed by atoms with E-state index in [0.717, 1.165) is 0 Å². The van der Waals surface area contributed by atoms with Crippen molar-refractivity contribution in [3.63, 3.8) is 0 Å². The van der Waals surface area contributed by atoms with E-state index in [9.17, 15) is 21.6 Å². The van der Waals surface area contributed by atoms with Crippen molar-refractivity contribution >= 4 is 31.5 Å². The first kappa shape index (κ1) is 21.8. The summed E-state index contributed by atoms with van der Waals surface area (Å²) >= 11 is 0. The smallest absolute Gasteiger partial charge is 0.291 e. The number of hydrogen-bond donors (Lipinski definition) is 2. The van der Waals surface area contributed by atoms with Crippen molar-refractivity contribution in [2.75, 3.05) is 12.4 Å². The molecule has 0 aliphatic heterocycles. The number of sulfone groups is 1. The maximum atomic E-state index is 12.4. The van der Waals surface area contributed by atoms with E-state index in [4.69, 9.17) is 4.42 Å². The van der Waals surface area contributed by atoms with Gasteiger partial charge in [-0.3, -0.25) is 4.79 Å². The second-order valence-electron chi connectivity index (χ2n) is 6.48. The third kappa shape index (κ3) is 4.78. The van der Waals surface area contributed by atoms with Crippen LogP contribution < -0.4 is 10.0 Å². The Morgan fingerprint density at radius 3 is 2.30 bits per heavy atom. The highest BCUT2D eigenvalue weighted by Gasteiger charge is 2.20. The van der Waals surface area contributed by atoms with Gasteiger partial charge < -0.3 is 9.73 Å². The van der Waals surface area contributed by atoms with Gasteiger partial charge in [-0.1, -0.05) is 18.2 Å². The first-order chi connectivity index (χ1) is 14.1. The second kappa shape index (κ2) is 8.42. The van der Waals surface area contributed by atoms with Crippen LogP contribution in [0.1, 0.15) is 21.9 Å². The lowest BCUT2D eigenvalue weighted by molar-refractivity contribution is 0.0995. The van der Waals surface area contributed by atoms with Crippen molar-refractivity contribution in [3.05, 3.63) is 77.7 Å². The summed E-state index contributed by atoms with van der Waals surface area (Å²) in [6.45, 7) is 1.61. The molecule has 0 atom stereocenters. The molecule has 30 heavy (non-hydrogen) atoms. The number of amides is 1. The Morgan fingerprint density at radius 2 is 1.67 bits per heavy atom. The van der Waals surface area contributed by atoms with Crippen molar-refractivity contribution in [2.24, 2.45) is 0 Å². The summed E-state index contributed by atoms with van der Waals surface area (Å²) in [6.07, 6.45) is 0. The molecule has 8 nitrogen and oxygen atoms in total. The summed E-state index contributed by atoms with van der Waals surface area (Å²) in [5, 5.41) is 2.61. The predicted octanol–water partition coefficient (Wildman–Crippen LogP) is 2.72. The number of aryl methyl sites for hydroxylation is 1. The average molecular weight is 449 g/mol. The summed E-state index contributed by atoms with van der Waals surface area (Å²) in [4.78, 5) is 12.7. The van der Waals surface area contributed by atoms with E-state index >= 15 is 0 Å². The highest BCUT2D eigenvalue weighted by molar-refractivity contribution is 7.90. The number of anilines is 1. The number of rotatable bonds is 7. The summed E-state index contributed by atoms with van der Waals surface area (Å²) in [6, 6.07) is 15.1. The maximum Gasteiger partial charge on any atom is 0.291 e. The Labute approximate surface area is 174 Å². The molecule has 1 amide bonds. The molecule has 1 aromatic heterocycles. The number of hydrogen-bond acceptors (Lipinski definition) is 6. The van der Waals surface area contributed by atoms with Crippen LogP contribution >= 0.6 is 0 Å². The zero-order valence-electron chi connectivity index (χ0n) is 16.2. The minimum atomic E-state index is -3.60. The largest absolute Gasteiger partial charge is 0.455 e. The Hall–Kier alpha value is -2.95. The molecule has 0 aliphatic carbocycles. The van der Waals surface area contributed by atoms with Crippen LogP contribution in [0.4, 0.5) is 5.69 Å². The zero-order chi connectivity index (χ0) is 21.9. The molecule has 2 aromatic carbocycles. The van der Waals surface area contributed by atoms with Crippen LogP contribution in [-0.4, -0.2) is 29.8 Å². The van der Waals surface area contributed by atoms with Crippen molar-refractivity contribution in [1.82, 2.24) is 4.72 Å². The highest BCUT2D eigenvalue weighted by Crippen LogP contribution is 2.21. The van der Waals surface area contributed by atoms with Gasteiger partial charge in [0.05, 0.1) is 9.79 Å². The molecular formula is C20H20N2O6S2. The van der Waals surface area contributed by atoms with E-state index in [1.54, 1.807) is 25.1 Å². The molecule has 10 heteroatoms. The molecule has 0 aliphatic rings. The molecule has 3 aromatic rings. The first-order valence-corrected chi connectivity index (χ1v) is 12.0. The minimum absolute atomic E-state index is 0.0576. The number of benzene rings is 2. The zero-order valence-corrected chi connectivity index (χ0v) is 17.9. The molecule has 1 heterocycles. The van der Waals surface area contributed by atoms with Crippen molar-refractivity contribution < 1.29 is 26.0 Å². The minimum Gasteiger partial charge on any atom is -0.455 e. The third-order valence-electron chi connectivity index (χ3n) is 4.31. The second-order valence-corrected chi connectivity index (χ2v) is 10.3. The summed E-state index contributed by atoms with van der Waals surface area (Å²) in [7, 11) is -5.88. The molecular weight excluding hydrogens is 428 g/mol. The normalized spacial score (nSPS) is 11.9. The molecule has 3 rings (SSSR count). The molecule has 0 bridgehead atoms. The van der Waals surface area contributed by atoms with Gasteiger partial charge in [-0.2, -0.15) is 0 Å². The number of carbonyl (C=O) groups is 1. The van der Waals surface area contributed by atoms with E-state index in [0.29, 0.717) is 11.3 Å². The first-order valence-electron chi connectivity index (χ1n) is 8.84. The average Bonchev–Trinajstić information content (AvgIpc) is 3.16. The fourth-order valence-electron chi connectivity index (χ4n) is 2.81. The van der Waals surface area contributed by atoms with Gasteiger partial charge in [0.25, 0.3) is 5.91 Å². The number of carbonyl (C=O) groups excluding carboxylic acids is 1. The lowest BCUT2D eigenvalue weighted by Gasteiger charge is -2.09. The molecule has 0 radical (unpaired) electrons. The standard InChI is InChI=1S/C20H20N2O6S2/c1-14-12-15(8-11-19(14)30(26,27)21-2)22-20(23)18-10-9-16(28-18)13-29(24,25)17-6-4-3-5-7-17/h3-12,21H,13H2,1-2H3,(H,22,23). The lowest BCUT2D eigenvalue weighted by Crippen LogP contribution is -2.19. The van der Waals surface area contributed by atoms with Crippen LogP contribution in [0.15, 0.2) is 74.9 Å². The van der Waals surface area contributed by atoms with E-state index in [1.807, 2.05) is 0 Å². The monoisotopic (exact) mass is 448 g/mol. The van der Waals surface area contributed by atoms with E-state index in [2.05, 4.69) is 10.0 Å². The summed E-state index contributed by atoms with van der Waals surface area (Å²) in [5.41, 5.74) is 0.832. The fraction of sp³-hybridized carbons (Fsp3) is 0.150. The van der Waals surface area contributed by atoms with Gasteiger partial charge in [0.2, 0.25) is 10.0 Å². The maximum absolute atomic E-state index is 12.4. The molecule has 2 N–H and O–H groups in total. The van der Waals surface area contributed by atoms with Crippen molar-refractivity contribution in [3.8, 4) is 0 Å². The van der Waals surface area contributed by atoms with Crippen LogP contribution in [-0.2, 0) is 25.6 Å². The van der Waals surface area contributed by atoms with Crippen LogP contribution in [0.25, 0.3) is 0 Å². The van der Waals surface area contributed by atoms with Gasteiger partial charge >= 0.3 is 0 Å². The quantitative estimate of drug-likeness (QED) is 0.573. The molecule has 0 saturated heterocycles. The van der Waals surface area contributed by atoms with Gasteiger partial charge in [-0.15, -0.1) is 0 Å². The molecule has 0 fully saturated rings. The Morgan fingerprint density at radius 1 is 0.967 bits per heavy atom. The van der Waals surface area contributed by atoms with Gasteiger partial charge in [-0.05, 0) is 62.0 Å². The highest BCUT2D eigenvalue weighted by atomic mass is 32.2. The van der Waals surface area contributed by atoms with Crippen LogP contribution in [0.5, 0.6) is 0 Å². The Balaban J connectivity index is 1.74. The SMILES string of the molecule is CNS(=O)(=O)c1ccc(NC(=O)c2ccc(CS(=O)(=O)c3ccccc3)o2)cc1C. The van der Waals surface area contributed by atoms with Crippen LogP contribution in [0, 0.1) is 6.92 Å². The van der Waals surface area contributed by atoms with Gasteiger partial charge in [0, 0.05) is 5.69 Å². The van der Waals surface area contributed by atoms with Crippen LogP contribution in [0.3, 0.4) is 0 Å². The van der Waals surface area contributed by atoms with E-state index < -0.39 is 25.8 Å². The fourth-order valence-corrected chi connectivity index (χ4v) is 5.03. The molecule has 0 spiro atoms. The molecule has 158 valence electrons. The number of furan rings is 1. The van der Waals surface area contributed by atoms with Crippen molar-refractivity contribution in [2.45, 2.75) is 22.5 Å². The Bertz CT molecular complexity index is 1280. The number of sulfonamides is 1. The van der Waals surface area contributed by atoms with Crippen LogP contribution in [0.2, 0.25) is 0 Å². The van der Waals surface area contributed by atoms with Gasteiger partial charge in [0.1, 0.15) is 11.5 Å². The lowest BCUT2D eigenvalue weighted by atomic mass is 10.2. The predicted molar refractivity (Wildman–Crippen MR) is 111 cm³/mol. The van der Waals surface area contributed by atoms with Gasteiger partial charge in [-0.25, -0.2) is 21.6 Å². The molecule has 0 saturated carbocycles. The van der Waals surface area contributed by atoms with E-state index in [-0.39, 0.29) is 27.1 Å². The topological polar surface area (TPSA) is 123 Å². The molecule has 0 unspecified atom stereocenters. The van der Waals surface area contributed by atoms with Crippen molar-refractivity contribution in [1.29, 1.82) is 0 Å². The van der Waals surface area contributed by atoms with Gasteiger partial charge in [0.15, 0.2) is 15.6 Å². The number of nitrogens with one attached hydrogen (secondary N) is 2. The summed E-state index contributed by atoms with van der Waals surface area (Å²) < 4.78 is 56.4. The van der Waals surface area contributed by atoms with E-state index in [1.165, 1.54) is 49.5 Å². The summed E-state index contributed by atoms with van der Waals surface area (Å²) in [5.74, 6) is -0.879. The third-order valence-corrected chi connectivity index (χ3v) is 7.54.